The second-order valence-electron chi connectivity index (χ2n) is 5.03. The molecule has 2 rings (SSSR count). The number of hydrogen-bond acceptors (Lipinski definition) is 3. The summed E-state index contributed by atoms with van der Waals surface area (Å²) in [5.74, 6) is -0.114. The molecular formula is C18H21NO2S. The van der Waals surface area contributed by atoms with Gasteiger partial charge in [-0.25, -0.2) is 0 Å². The van der Waals surface area contributed by atoms with E-state index >= 15 is 0 Å². The van der Waals surface area contributed by atoms with Gasteiger partial charge < -0.3 is 10.1 Å². The van der Waals surface area contributed by atoms with Crippen LogP contribution < -0.4 is 5.32 Å². The van der Waals surface area contributed by atoms with Gasteiger partial charge in [-0.2, -0.15) is 11.3 Å². The van der Waals surface area contributed by atoms with Crippen LogP contribution in [0.5, 0.6) is 0 Å². The third-order valence-electron chi connectivity index (χ3n) is 3.78. The fourth-order valence-corrected chi connectivity index (χ4v) is 2.97. The second kappa shape index (κ2) is 7.92. The lowest BCUT2D eigenvalue weighted by Crippen LogP contribution is -2.41. The fraction of sp³-hybridized carbons (Fsp3) is 0.278. The van der Waals surface area contributed by atoms with Crippen LogP contribution in [0, 0.1) is 0 Å². The summed E-state index contributed by atoms with van der Waals surface area (Å²) in [6.07, 6.45) is 4.15. The first-order valence-corrected chi connectivity index (χ1v) is 8.23. The van der Waals surface area contributed by atoms with Crippen molar-refractivity contribution in [3.05, 3.63) is 64.4 Å². The monoisotopic (exact) mass is 315 g/mol. The van der Waals surface area contributed by atoms with Crippen LogP contribution in [0.15, 0.2) is 53.2 Å². The Hall–Kier alpha value is -1.91. The molecule has 3 nitrogen and oxygen atoms in total. The van der Waals surface area contributed by atoms with Gasteiger partial charge in [0.2, 0.25) is 5.91 Å². The van der Waals surface area contributed by atoms with E-state index in [2.05, 4.69) is 12.2 Å². The maximum atomic E-state index is 12.0. The van der Waals surface area contributed by atoms with Gasteiger partial charge in [-0.3, -0.25) is 4.79 Å². The molecule has 0 saturated carbocycles. The molecule has 0 aliphatic heterocycles. The average Bonchev–Trinajstić information content (AvgIpc) is 3.09. The van der Waals surface area contributed by atoms with Gasteiger partial charge in [-0.1, -0.05) is 37.3 Å². The maximum Gasteiger partial charge on any atom is 0.244 e. The molecule has 22 heavy (non-hydrogen) atoms. The van der Waals surface area contributed by atoms with Crippen LogP contribution >= 0.6 is 11.3 Å². The van der Waals surface area contributed by atoms with Crippen LogP contribution in [0.3, 0.4) is 0 Å². The Labute approximate surface area is 135 Å². The molecule has 0 spiro atoms. The number of carbonyl (C=O) groups is 1. The number of carbonyl (C=O) groups excluding carboxylic acids is 1. The topological polar surface area (TPSA) is 38.3 Å². The lowest BCUT2D eigenvalue weighted by atomic mass is 9.90. The normalized spacial score (nSPS) is 13.9. The minimum absolute atomic E-state index is 0.114. The summed E-state index contributed by atoms with van der Waals surface area (Å²) in [7, 11) is 1.68. The van der Waals surface area contributed by atoms with Crippen LogP contribution in [-0.4, -0.2) is 19.6 Å². The number of rotatable bonds is 7. The van der Waals surface area contributed by atoms with Gasteiger partial charge in [0.1, 0.15) is 5.60 Å². The van der Waals surface area contributed by atoms with E-state index in [-0.39, 0.29) is 5.91 Å². The molecule has 1 heterocycles. The van der Waals surface area contributed by atoms with Crippen molar-refractivity contribution in [3.63, 3.8) is 0 Å². The van der Waals surface area contributed by atoms with Gasteiger partial charge >= 0.3 is 0 Å². The van der Waals surface area contributed by atoms with Crippen molar-refractivity contribution < 1.29 is 9.53 Å². The Bertz CT molecular complexity index is 601. The molecule has 1 aromatic heterocycles. The molecule has 116 valence electrons. The Morgan fingerprint density at radius 1 is 1.32 bits per heavy atom. The first-order chi connectivity index (χ1) is 10.7. The number of nitrogens with one attached hydrogen (secondary N) is 1. The highest BCUT2D eigenvalue weighted by molar-refractivity contribution is 7.08. The third-order valence-corrected chi connectivity index (χ3v) is 4.48. The second-order valence-corrected chi connectivity index (χ2v) is 5.81. The number of methoxy groups -OCH3 is 1. The standard InChI is InChI=1S/C18H21NO2S/c1-3-18(21-2,16-7-5-4-6-8-16)14-19-17(20)10-9-15-11-12-22-13-15/h4-13H,3,14H2,1-2H3,(H,19,20)/b10-9+/t18-/m0/s1. The molecule has 0 fully saturated rings. The van der Waals surface area contributed by atoms with Crippen molar-refractivity contribution in [1.82, 2.24) is 5.32 Å². The maximum absolute atomic E-state index is 12.0. The summed E-state index contributed by atoms with van der Waals surface area (Å²) in [5, 5.41) is 6.92. The highest BCUT2D eigenvalue weighted by Crippen LogP contribution is 2.27. The van der Waals surface area contributed by atoms with Gasteiger partial charge in [-0.15, -0.1) is 0 Å². The molecule has 0 unspecified atom stereocenters. The molecule has 4 heteroatoms. The van der Waals surface area contributed by atoms with E-state index in [4.69, 9.17) is 4.74 Å². The SMILES string of the molecule is CC[C@@](CNC(=O)/C=C/c1ccsc1)(OC)c1ccccc1. The van der Waals surface area contributed by atoms with E-state index < -0.39 is 5.60 Å². The van der Waals surface area contributed by atoms with Gasteiger partial charge in [-0.05, 0) is 40.5 Å². The van der Waals surface area contributed by atoms with Crippen LogP contribution in [0.2, 0.25) is 0 Å². The van der Waals surface area contributed by atoms with Crippen molar-refractivity contribution >= 4 is 23.3 Å². The molecular weight excluding hydrogens is 294 g/mol. The number of benzene rings is 1. The first kappa shape index (κ1) is 16.5. The van der Waals surface area contributed by atoms with Crippen molar-refractivity contribution in [2.75, 3.05) is 13.7 Å². The molecule has 0 saturated heterocycles. The van der Waals surface area contributed by atoms with E-state index in [9.17, 15) is 4.79 Å². The molecule has 0 aliphatic rings. The lowest BCUT2D eigenvalue weighted by Gasteiger charge is -2.32. The Balaban J connectivity index is 2.01. The van der Waals surface area contributed by atoms with E-state index in [1.54, 1.807) is 24.5 Å². The van der Waals surface area contributed by atoms with Crippen LogP contribution in [0.25, 0.3) is 6.08 Å². The quantitative estimate of drug-likeness (QED) is 0.789. The van der Waals surface area contributed by atoms with Gasteiger partial charge in [0.05, 0.1) is 6.54 Å². The van der Waals surface area contributed by atoms with Crippen molar-refractivity contribution in [3.8, 4) is 0 Å². The predicted octanol–water partition coefficient (Wildman–Crippen LogP) is 3.83. The summed E-state index contributed by atoms with van der Waals surface area (Å²) in [6.45, 7) is 2.50. The first-order valence-electron chi connectivity index (χ1n) is 7.29. The summed E-state index contributed by atoms with van der Waals surface area (Å²) in [4.78, 5) is 12.0. The number of hydrogen-bond donors (Lipinski definition) is 1. The predicted molar refractivity (Wildman–Crippen MR) is 91.8 cm³/mol. The van der Waals surface area contributed by atoms with Crippen molar-refractivity contribution in [2.24, 2.45) is 0 Å². The lowest BCUT2D eigenvalue weighted by molar-refractivity contribution is -0.118. The zero-order valence-corrected chi connectivity index (χ0v) is 13.7. The average molecular weight is 315 g/mol. The largest absolute Gasteiger partial charge is 0.372 e. The highest BCUT2D eigenvalue weighted by Gasteiger charge is 2.30. The van der Waals surface area contributed by atoms with Crippen LogP contribution in [-0.2, 0) is 15.1 Å². The molecule has 0 radical (unpaired) electrons. The third kappa shape index (κ3) is 4.06. The minimum Gasteiger partial charge on any atom is -0.372 e. The van der Waals surface area contributed by atoms with Crippen molar-refractivity contribution in [2.45, 2.75) is 18.9 Å². The fourth-order valence-electron chi connectivity index (χ4n) is 2.34. The van der Waals surface area contributed by atoms with E-state index in [1.165, 1.54) is 0 Å². The molecule has 0 bridgehead atoms. The Kier molecular flexibility index (Phi) is 5.92. The summed E-state index contributed by atoms with van der Waals surface area (Å²) < 4.78 is 5.74. The van der Waals surface area contributed by atoms with E-state index in [0.29, 0.717) is 6.54 Å². The molecule has 1 aromatic carbocycles. The summed E-state index contributed by atoms with van der Waals surface area (Å²) in [5.41, 5.74) is 1.62. The van der Waals surface area contributed by atoms with Crippen molar-refractivity contribution in [1.29, 1.82) is 0 Å². The van der Waals surface area contributed by atoms with Gasteiger partial charge in [0.25, 0.3) is 0 Å². The van der Waals surface area contributed by atoms with E-state index in [1.807, 2.05) is 53.2 Å². The molecule has 1 atom stereocenters. The minimum atomic E-state index is -0.493. The Morgan fingerprint density at radius 3 is 2.68 bits per heavy atom. The highest BCUT2D eigenvalue weighted by atomic mass is 32.1. The number of ether oxygens (including phenoxy) is 1. The number of thiophene rings is 1. The molecule has 0 aliphatic carbocycles. The molecule has 1 N–H and O–H groups in total. The van der Waals surface area contributed by atoms with Gasteiger partial charge in [0.15, 0.2) is 0 Å². The Morgan fingerprint density at radius 2 is 2.09 bits per heavy atom. The summed E-state index contributed by atoms with van der Waals surface area (Å²) >= 11 is 1.61. The molecule has 1 amide bonds. The van der Waals surface area contributed by atoms with E-state index in [0.717, 1.165) is 17.5 Å². The van der Waals surface area contributed by atoms with Crippen LogP contribution in [0.1, 0.15) is 24.5 Å². The smallest absolute Gasteiger partial charge is 0.244 e. The number of amides is 1. The van der Waals surface area contributed by atoms with Crippen LogP contribution in [0.4, 0.5) is 0 Å². The zero-order chi connectivity index (χ0) is 15.8. The van der Waals surface area contributed by atoms with Gasteiger partial charge in [0, 0.05) is 13.2 Å². The zero-order valence-electron chi connectivity index (χ0n) is 12.9. The molecule has 2 aromatic rings. The summed E-state index contributed by atoms with van der Waals surface area (Å²) in [6, 6.07) is 12.0.